The molecule has 3 aromatic rings. The molecule has 3 N–H and O–H groups in total. The van der Waals surface area contributed by atoms with E-state index in [1.807, 2.05) is 7.05 Å². The Morgan fingerprint density at radius 2 is 2.14 bits per heavy atom. The number of nitrogens with zero attached hydrogens (tertiary/aromatic N) is 3. The first-order valence-corrected chi connectivity index (χ1v) is 6.65. The number of hydrogen-bond donors (Lipinski definition) is 2. The number of hydrogen-bond acceptors (Lipinski definition) is 4. The molecule has 7 heteroatoms. The molecule has 2 aromatic heterocycles. The minimum atomic E-state index is -0.528. The molecule has 112 valence electrons. The van der Waals surface area contributed by atoms with Crippen molar-refractivity contribution < 1.29 is 9.18 Å². The van der Waals surface area contributed by atoms with Crippen LogP contribution in [-0.2, 0) is 13.6 Å². The molecule has 0 fully saturated rings. The van der Waals surface area contributed by atoms with Gasteiger partial charge in [-0.15, -0.1) is 0 Å². The van der Waals surface area contributed by atoms with E-state index in [1.54, 1.807) is 23.0 Å². The average molecular weight is 299 g/mol. The van der Waals surface area contributed by atoms with Gasteiger partial charge in [0.25, 0.3) is 5.91 Å². The molecule has 0 aliphatic carbocycles. The van der Waals surface area contributed by atoms with Gasteiger partial charge in [-0.1, -0.05) is 0 Å². The highest BCUT2D eigenvalue weighted by atomic mass is 19.1. The van der Waals surface area contributed by atoms with Gasteiger partial charge in [0, 0.05) is 36.7 Å². The van der Waals surface area contributed by atoms with E-state index < -0.39 is 11.7 Å². The van der Waals surface area contributed by atoms with Crippen molar-refractivity contribution in [3.63, 3.8) is 0 Å². The van der Waals surface area contributed by atoms with E-state index >= 15 is 0 Å². The molecule has 0 spiro atoms. The third kappa shape index (κ3) is 2.37. The van der Waals surface area contributed by atoms with Crippen LogP contribution in [0.2, 0.25) is 0 Å². The lowest BCUT2D eigenvalue weighted by Gasteiger charge is -2.09. The zero-order valence-corrected chi connectivity index (χ0v) is 11.9. The molecule has 0 aliphatic heterocycles. The highest BCUT2D eigenvalue weighted by Crippen LogP contribution is 2.25. The lowest BCUT2D eigenvalue weighted by Crippen LogP contribution is -2.25. The van der Waals surface area contributed by atoms with Gasteiger partial charge in [0.1, 0.15) is 17.3 Å². The monoisotopic (exact) mass is 299 g/mol. The minimum Gasteiger partial charge on any atom is -0.398 e. The molecule has 3 rings (SSSR count). The molecule has 0 saturated carbocycles. The van der Waals surface area contributed by atoms with E-state index in [4.69, 9.17) is 5.73 Å². The highest BCUT2D eigenvalue weighted by molar-refractivity contribution is 6.08. The standard InChI is InChI=1S/C15H14FN5O/c1-21-7-6-18-12(21)8-20-15(22)14-13-9(4-5-19-14)11(17)3-2-10(13)16/h2-7H,8,17H2,1H3,(H,20,22). The number of imidazole rings is 1. The van der Waals surface area contributed by atoms with Crippen molar-refractivity contribution in [1.29, 1.82) is 0 Å². The number of carbonyl (C=O) groups is 1. The quantitative estimate of drug-likeness (QED) is 0.720. The summed E-state index contributed by atoms with van der Waals surface area (Å²) in [7, 11) is 1.82. The summed E-state index contributed by atoms with van der Waals surface area (Å²) in [5, 5.41) is 3.28. The van der Waals surface area contributed by atoms with Crippen LogP contribution in [0.5, 0.6) is 0 Å². The Bertz CT molecular complexity index is 858. The molecule has 1 aromatic carbocycles. The molecular weight excluding hydrogens is 285 g/mol. The maximum absolute atomic E-state index is 14.1. The van der Waals surface area contributed by atoms with Crippen LogP contribution >= 0.6 is 0 Å². The number of halogens is 1. The number of anilines is 1. The second-order valence-corrected chi connectivity index (χ2v) is 4.86. The summed E-state index contributed by atoms with van der Waals surface area (Å²) < 4.78 is 15.9. The first-order chi connectivity index (χ1) is 10.6. The van der Waals surface area contributed by atoms with E-state index in [0.29, 0.717) is 16.9 Å². The summed E-state index contributed by atoms with van der Waals surface area (Å²) >= 11 is 0. The van der Waals surface area contributed by atoms with Crippen LogP contribution in [0.3, 0.4) is 0 Å². The highest BCUT2D eigenvalue weighted by Gasteiger charge is 2.16. The predicted octanol–water partition coefficient (Wildman–Crippen LogP) is 1.62. The average Bonchev–Trinajstić information content (AvgIpc) is 2.93. The zero-order valence-electron chi connectivity index (χ0n) is 11.9. The van der Waals surface area contributed by atoms with Crippen LogP contribution in [-0.4, -0.2) is 20.4 Å². The van der Waals surface area contributed by atoms with Gasteiger partial charge in [-0.2, -0.15) is 0 Å². The van der Waals surface area contributed by atoms with Gasteiger partial charge < -0.3 is 15.6 Å². The van der Waals surface area contributed by atoms with Crippen molar-refractivity contribution in [2.75, 3.05) is 5.73 Å². The zero-order chi connectivity index (χ0) is 15.7. The number of carbonyl (C=O) groups excluding carboxylic acids is 1. The molecule has 22 heavy (non-hydrogen) atoms. The maximum atomic E-state index is 14.1. The lowest BCUT2D eigenvalue weighted by molar-refractivity contribution is 0.0946. The van der Waals surface area contributed by atoms with E-state index in [9.17, 15) is 9.18 Å². The van der Waals surface area contributed by atoms with Crippen molar-refractivity contribution >= 4 is 22.4 Å². The molecule has 2 heterocycles. The van der Waals surface area contributed by atoms with Crippen LogP contribution in [0.1, 0.15) is 16.3 Å². The number of fused-ring (bicyclic) bond motifs is 1. The Balaban J connectivity index is 1.94. The van der Waals surface area contributed by atoms with Gasteiger partial charge in [0.05, 0.1) is 11.9 Å². The second kappa shape index (κ2) is 5.44. The fourth-order valence-electron chi connectivity index (χ4n) is 2.26. The summed E-state index contributed by atoms with van der Waals surface area (Å²) in [6.07, 6.45) is 4.85. The number of aryl methyl sites for hydroxylation is 1. The van der Waals surface area contributed by atoms with Crippen molar-refractivity contribution in [2.45, 2.75) is 6.54 Å². The summed E-state index contributed by atoms with van der Waals surface area (Å²) in [5.41, 5.74) is 6.24. The van der Waals surface area contributed by atoms with Gasteiger partial charge in [-0.3, -0.25) is 9.78 Å². The number of nitrogens with one attached hydrogen (secondary N) is 1. The van der Waals surface area contributed by atoms with Crippen LogP contribution in [0.25, 0.3) is 10.8 Å². The largest absolute Gasteiger partial charge is 0.398 e. The smallest absolute Gasteiger partial charge is 0.271 e. The Hall–Kier alpha value is -2.96. The van der Waals surface area contributed by atoms with Gasteiger partial charge in [-0.05, 0) is 18.2 Å². The van der Waals surface area contributed by atoms with E-state index in [-0.39, 0.29) is 17.6 Å². The van der Waals surface area contributed by atoms with E-state index in [1.165, 1.54) is 18.3 Å². The summed E-state index contributed by atoms with van der Waals surface area (Å²) in [4.78, 5) is 20.4. The van der Waals surface area contributed by atoms with Crippen molar-refractivity contribution in [3.8, 4) is 0 Å². The third-order valence-corrected chi connectivity index (χ3v) is 3.45. The SMILES string of the molecule is Cn1ccnc1CNC(=O)c1nccc2c(N)ccc(F)c12. The number of benzene rings is 1. The number of nitrogens with two attached hydrogens (primary N) is 1. The van der Waals surface area contributed by atoms with Gasteiger partial charge in [0.15, 0.2) is 0 Å². The Labute approximate surface area is 125 Å². The Kier molecular flexibility index (Phi) is 3.46. The minimum absolute atomic E-state index is 0.0107. The second-order valence-electron chi connectivity index (χ2n) is 4.86. The van der Waals surface area contributed by atoms with E-state index in [0.717, 1.165) is 0 Å². The van der Waals surface area contributed by atoms with Crippen molar-refractivity contribution in [1.82, 2.24) is 19.9 Å². The first kappa shape index (κ1) is 14.0. The predicted molar refractivity (Wildman–Crippen MR) is 80.5 cm³/mol. The third-order valence-electron chi connectivity index (χ3n) is 3.45. The van der Waals surface area contributed by atoms with Gasteiger partial charge in [0.2, 0.25) is 0 Å². The summed E-state index contributed by atoms with van der Waals surface area (Å²) in [5.74, 6) is -0.314. The molecule has 0 radical (unpaired) electrons. The number of nitrogen functional groups attached to an aromatic ring is 1. The molecule has 6 nitrogen and oxygen atoms in total. The summed E-state index contributed by atoms with van der Waals surface area (Å²) in [6.45, 7) is 0.227. The van der Waals surface area contributed by atoms with E-state index in [2.05, 4.69) is 15.3 Å². The normalized spacial score (nSPS) is 10.8. The maximum Gasteiger partial charge on any atom is 0.271 e. The topological polar surface area (TPSA) is 85.8 Å². The molecule has 1 amide bonds. The van der Waals surface area contributed by atoms with Crippen LogP contribution in [0.4, 0.5) is 10.1 Å². The van der Waals surface area contributed by atoms with Gasteiger partial charge >= 0.3 is 0 Å². The fourth-order valence-corrected chi connectivity index (χ4v) is 2.26. The molecule has 0 aliphatic rings. The van der Waals surface area contributed by atoms with Crippen molar-refractivity contribution in [3.05, 3.63) is 54.1 Å². The van der Waals surface area contributed by atoms with Crippen molar-refractivity contribution in [2.24, 2.45) is 7.05 Å². The molecule has 0 saturated heterocycles. The van der Waals surface area contributed by atoms with Crippen LogP contribution in [0, 0.1) is 5.82 Å². The fraction of sp³-hybridized carbons (Fsp3) is 0.133. The molecular formula is C15H14FN5O. The first-order valence-electron chi connectivity index (χ1n) is 6.65. The van der Waals surface area contributed by atoms with Crippen LogP contribution in [0.15, 0.2) is 36.8 Å². The number of pyridine rings is 1. The Morgan fingerprint density at radius 3 is 2.86 bits per heavy atom. The lowest BCUT2D eigenvalue weighted by atomic mass is 10.1. The molecule has 0 unspecified atom stereocenters. The van der Waals surface area contributed by atoms with Gasteiger partial charge in [-0.25, -0.2) is 9.37 Å². The number of amides is 1. The number of aromatic nitrogens is 3. The molecule has 0 bridgehead atoms. The van der Waals surface area contributed by atoms with Crippen LogP contribution < -0.4 is 11.1 Å². The summed E-state index contributed by atoms with van der Waals surface area (Å²) in [6, 6.07) is 4.28. The molecule has 0 atom stereocenters. The Morgan fingerprint density at radius 1 is 1.32 bits per heavy atom. The number of rotatable bonds is 3.